The summed E-state index contributed by atoms with van der Waals surface area (Å²) < 4.78 is 28.7. The fourth-order valence-corrected chi connectivity index (χ4v) is 4.02. The summed E-state index contributed by atoms with van der Waals surface area (Å²) >= 11 is 0. The second-order valence-corrected chi connectivity index (χ2v) is 7.41. The molecule has 128 valence electrons. The molecule has 8 heteroatoms. The standard InChI is InChI=1S/C15H23N3O4S/c19-15(16-20)8-4-5-13-9-11-18(12-10-13)23(21,22)17-14-6-2-1-3-7-14/h1-3,6-7,13,17,20H,4-5,8-12H2,(H,16,19). The van der Waals surface area contributed by atoms with Crippen LogP contribution in [0.3, 0.4) is 0 Å². The van der Waals surface area contributed by atoms with Crippen molar-refractivity contribution in [2.24, 2.45) is 5.92 Å². The van der Waals surface area contributed by atoms with Gasteiger partial charge in [0, 0.05) is 25.2 Å². The number of piperidine rings is 1. The first-order valence-electron chi connectivity index (χ1n) is 7.77. The fourth-order valence-electron chi connectivity index (χ4n) is 2.77. The normalized spacial score (nSPS) is 16.9. The zero-order chi connectivity index (χ0) is 16.7. The lowest BCUT2D eigenvalue weighted by molar-refractivity contribution is -0.129. The van der Waals surface area contributed by atoms with E-state index in [2.05, 4.69) is 4.72 Å². The summed E-state index contributed by atoms with van der Waals surface area (Å²) in [5, 5.41) is 8.44. The average Bonchev–Trinajstić information content (AvgIpc) is 2.55. The van der Waals surface area contributed by atoms with Crippen LogP contribution in [-0.2, 0) is 15.0 Å². The summed E-state index contributed by atoms with van der Waals surface area (Å²) in [7, 11) is -3.51. The molecule has 0 unspecified atom stereocenters. The number of nitrogens with one attached hydrogen (secondary N) is 2. The Morgan fingerprint density at radius 1 is 1.22 bits per heavy atom. The topological polar surface area (TPSA) is 98.7 Å². The smallest absolute Gasteiger partial charge is 0.289 e. The van der Waals surface area contributed by atoms with Crippen LogP contribution in [-0.4, -0.2) is 36.9 Å². The molecule has 1 heterocycles. The Balaban J connectivity index is 1.78. The number of hydroxylamine groups is 1. The van der Waals surface area contributed by atoms with Gasteiger partial charge in [-0.1, -0.05) is 18.2 Å². The molecule has 0 aliphatic carbocycles. The van der Waals surface area contributed by atoms with Crippen LogP contribution >= 0.6 is 0 Å². The lowest BCUT2D eigenvalue weighted by Gasteiger charge is -2.31. The number of nitrogens with zero attached hydrogens (tertiary/aromatic N) is 1. The summed E-state index contributed by atoms with van der Waals surface area (Å²) in [6.45, 7) is 0.970. The first-order chi connectivity index (χ1) is 11.0. The molecule has 0 bridgehead atoms. The molecule has 0 spiro atoms. The number of benzene rings is 1. The molecule has 0 aromatic heterocycles. The quantitative estimate of drug-likeness (QED) is 0.519. The van der Waals surface area contributed by atoms with E-state index < -0.39 is 10.2 Å². The van der Waals surface area contributed by atoms with Gasteiger partial charge < -0.3 is 0 Å². The Labute approximate surface area is 136 Å². The van der Waals surface area contributed by atoms with Crippen LogP contribution in [0.4, 0.5) is 5.69 Å². The predicted octanol–water partition coefficient (Wildman–Crippen LogP) is 1.73. The van der Waals surface area contributed by atoms with Gasteiger partial charge in [-0.05, 0) is 43.7 Å². The molecule has 23 heavy (non-hydrogen) atoms. The summed E-state index contributed by atoms with van der Waals surface area (Å²) in [5.74, 6) is 0.0433. The molecule has 2 rings (SSSR count). The van der Waals surface area contributed by atoms with Crippen LogP contribution in [0.5, 0.6) is 0 Å². The van der Waals surface area contributed by atoms with E-state index in [1.54, 1.807) is 29.7 Å². The third-order valence-electron chi connectivity index (χ3n) is 4.07. The van der Waals surface area contributed by atoms with Gasteiger partial charge >= 0.3 is 10.2 Å². The third kappa shape index (κ3) is 5.49. The number of carbonyl (C=O) groups is 1. The van der Waals surface area contributed by atoms with Gasteiger partial charge in [-0.2, -0.15) is 12.7 Å². The number of hydrogen-bond acceptors (Lipinski definition) is 4. The number of anilines is 1. The molecule has 1 saturated heterocycles. The highest BCUT2D eigenvalue weighted by molar-refractivity contribution is 7.90. The van der Waals surface area contributed by atoms with Crippen molar-refractivity contribution >= 4 is 21.8 Å². The molecule has 1 aliphatic rings. The summed E-state index contributed by atoms with van der Waals surface area (Å²) in [5.41, 5.74) is 2.18. The summed E-state index contributed by atoms with van der Waals surface area (Å²) in [4.78, 5) is 11.0. The molecule has 3 N–H and O–H groups in total. The largest absolute Gasteiger partial charge is 0.301 e. The minimum Gasteiger partial charge on any atom is -0.289 e. The summed E-state index contributed by atoms with van der Waals surface area (Å²) in [6.07, 6.45) is 3.44. The van der Waals surface area contributed by atoms with Gasteiger partial charge in [-0.25, -0.2) is 5.48 Å². The van der Waals surface area contributed by atoms with E-state index >= 15 is 0 Å². The van der Waals surface area contributed by atoms with Crippen molar-refractivity contribution < 1.29 is 18.4 Å². The Kier molecular flexibility index (Phi) is 6.37. The van der Waals surface area contributed by atoms with Crippen molar-refractivity contribution in [1.29, 1.82) is 0 Å². The number of amides is 1. The van der Waals surface area contributed by atoms with Gasteiger partial charge in [-0.15, -0.1) is 0 Å². The van der Waals surface area contributed by atoms with Gasteiger partial charge in [0.15, 0.2) is 0 Å². The number of rotatable bonds is 7. The van der Waals surface area contributed by atoms with Gasteiger partial charge in [0.05, 0.1) is 0 Å². The first kappa shape index (κ1) is 17.7. The fraction of sp³-hybridized carbons (Fsp3) is 0.533. The Morgan fingerprint density at radius 2 is 1.87 bits per heavy atom. The minimum absolute atomic E-state index is 0.296. The Hall–Kier alpha value is -1.64. The van der Waals surface area contributed by atoms with Crippen molar-refractivity contribution in [2.75, 3.05) is 17.8 Å². The van der Waals surface area contributed by atoms with E-state index in [0.29, 0.717) is 37.5 Å². The molecule has 1 fully saturated rings. The second kappa shape index (κ2) is 8.28. The molecule has 1 amide bonds. The van der Waals surface area contributed by atoms with Gasteiger partial charge in [0.25, 0.3) is 0 Å². The predicted molar refractivity (Wildman–Crippen MR) is 87.1 cm³/mol. The molecule has 1 aromatic carbocycles. The highest BCUT2D eigenvalue weighted by atomic mass is 32.2. The molecule has 1 aromatic rings. The van der Waals surface area contributed by atoms with E-state index in [4.69, 9.17) is 5.21 Å². The van der Waals surface area contributed by atoms with Crippen LogP contribution in [0.1, 0.15) is 32.1 Å². The molecule has 7 nitrogen and oxygen atoms in total. The van der Waals surface area contributed by atoms with E-state index in [0.717, 1.165) is 19.3 Å². The van der Waals surface area contributed by atoms with Crippen LogP contribution < -0.4 is 10.2 Å². The second-order valence-electron chi connectivity index (χ2n) is 5.74. The zero-order valence-corrected chi connectivity index (χ0v) is 13.8. The van der Waals surface area contributed by atoms with Crippen molar-refractivity contribution in [3.05, 3.63) is 30.3 Å². The van der Waals surface area contributed by atoms with Crippen LogP contribution in [0, 0.1) is 5.92 Å². The first-order valence-corrected chi connectivity index (χ1v) is 9.21. The van der Waals surface area contributed by atoms with E-state index in [1.165, 1.54) is 4.31 Å². The van der Waals surface area contributed by atoms with Crippen molar-refractivity contribution in [3.8, 4) is 0 Å². The van der Waals surface area contributed by atoms with Crippen molar-refractivity contribution in [2.45, 2.75) is 32.1 Å². The van der Waals surface area contributed by atoms with E-state index in [9.17, 15) is 13.2 Å². The maximum Gasteiger partial charge on any atom is 0.301 e. The molecule has 0 saturated carbocycles. The third-order valence-corrected chi connectivity index (χ3v) is 5.61. The van der Waals surface area contributed by atoms with E-state index in [-0.39, 0.29) is 5.91 Å². The van der Waals surface area contributed by atoms with Gasteiger partial charge in [0.2, 0.25) is 5.91 Å². The maximum atomic E-state index is 12.3. The Morgan fingerprint density at radius 3 is 2.48 bits per heavy atom. The minimum atomic E-state index is -3.51. The van der Waals surface area contributed by atoms with Crippen LogP contribution in [0.2, 0.25) is 0 Å². The Bertz CT molecular complexity index is 598. The SMILES string of the molecule is O=C(CCCC1CCN(S(=O)(=O)Nc2ccccc2)CC1)NO. The van der Waals surface area contributed by atoms with Gasteiger partial charge in [0.1, 0.15) is 0 Å². The molecular weight excluding hydrogens is 318 g/mol. The molecule has 0 atom stereocenters. The number of para-hydroxylation sites is 1. The lowest BCUT2D eigenvalue weighted by Crippen LogP contribution is -2.41. The van der Waals surface area contributed by atoms with Crippen molar-refractivity contribution in [1.82, 2.24) is 9.79 Å². The lowest BCUT2D eigenvalue weighted by atomic mass is 9.92. The molecule has 1 aliphatic heterocycles. The van der Waals surface area contributed by atoms with Gasteiger partial charge in [-0.3, -0.25) is 14.7 Å². The van der Waals surface area contributed by atoms with Crippen LogP contribution in [0.25, 0.3) is 0 Å². The zero-order valence-electron chi connectivity index (χ0n) is 12.9. The number of carbonyl (C=O) groups excluding carboxylic acids is 1. The molecule has 0 radical (unpaired) electrons. The highest BCUT2D eigenvalue weighted by Crippen LogP contribution is 2.24. The highest BCUT2D eigenvalue weighted by Gasteiger charge is 2.27. The summed E-state index contributed by atoms with van der Waals surface area (Å²) in [6, 6.07) is 8.84. The monoisotopic (exact) mass is 341 g/mol. The van der Waals surface area contributed by atoms with E-state index in [1.807, 2.05) is 6.07 Å². The maximum absolute atomic E-state index is 12.3. The van der Waals surface area contributed by atoms with Crippen LogP contribution in [0.15, 0.2) is 30.3 Å². The average molecular weight is 341 g/mol. The number of hydrogen-bond donors (Lipinski definition) is 3. The van der Waals surface area contributed by atoms with Crippen molar-refractivity contribution in [3.63, 3.8) is 0 Å². The molecular formula is C15H23N3O4S.